The number of H-pyrrole nitrogens is 2. The zero-order valence-electron chi connectivity index (χ0n) is 14.8. The molecule has 0 aromatic carbocycles. The van der Waals surface area contributed by atoms with E-state index in [9.17, 15) is 4.79 Å². The third kappa shape index (κ3) is 3.12. The third-order valence-electron chi connectivity index (χ3n) is 4.23. The van der Waals surface area contributed by atoms with Crippen molar-refractivity contribution in [3.05, 3.63) is 51.6 Å². The maximum Gasteiger partial charge on any atom is 0.272 e. The van der Waals surface area contributed by atoms with E-state index in [1.165, 1.54) is 4.52 Å². The van der Waals surface area contributed by atoms with Crippen molar-refractivity contribution in [3.8, 4) is 0 Å². The van der Waals surface area contributed by atoms with Gasteiger partial charge in [0, 0.05) is 41.5 Å². The van der Waals surface area contributed by atoms with Crippen molar-refractivity contribution in [2.24, 2.45) is 0 Å². The van der Waals surface area contributed by atoms with Gasteiger partial charge in [-0.1, -0.05) is 20.8 Å². The molecule has 7 heteroatoms. The van der Waals surface area contributed by atoms with Crippen LogP contribution in [0.2, 0.25) is 0 Å². The first kappa shape index (κ1) is 16.4. The van der Waals surface area contributed by atoms with Crippen LogP contribution >= 0.6 is 0 Å². The molecular formula is C17H24N6O. The average molecular weight is 328 g/mol. The fourth-order valence-corrected chi connectivity index (χ4v) is 2.54. The van der Waals surface area contributed by atoms with Gasteiger partial charge in [0.15, 0.2) is 5.65 Å². The van der Waals surface area contributed by atoms with E-state index in [4.69, 9.17) is 0 Å². The summed E-state index contributed by atoms with van der Waals surface area (Å²) in [5, 5.41) is 6.51. The Morgan fingerprint density at radius 1 is 1.33 bits per heavy atom. The van der Waals surface area contributed by atoms with Gasteiger partial charge in [0.25, 0.3) is 5.56 Å². The highest BCUT2D eigenvalue weighted by Crippen LogP contribution is 2.21. The van der Waals surface area contributed by atoms with Crippen LogP contribution in [0.5, 0.6) is 0 Å². The summed E-state index contributed by atoms with van der Waals surface area (Å²) in [5.41, 5.74) is 4.20. The molecule has 3 aromatic rings. The molecule has 0 aliphatic carbocycles. The minimum atomic E-state index is -0.102. The summed E-state index contributed by atoms with van der Waals surface area (Å²) in [6.07, 6.45) is 1.68. The van der Waals surface area contributed by atoms with Crippen molar-refractivity contribution >= 4 is 5.65 Å². The van der Waals surface area contributed by atoms with Crippen LogP contribution in [-0.2, 0) is 12.0 Å². The van der Waals surface area contributed by atoms with E-state index in [-0.39, 0.29) is 17.0 Å². The topological polar surface area (TPSA) is 90.9 Å². The zero-order chi connectivity index (χ0) is 17.5. The molecule has 0 amide bonds. The Labute approximate surface area is 140 Å². The van der Waals surface area contributed by atoms with E-state index < -0.39 is 0 Å². The Kier molecular flexibility index (Phi) is 4.04. The monoisotopic (exact) mass is 328 g/mol. The van der Waals surface area contributed by atoms with E-state index in [0.717, 1.165) is 22.8 Å². The second-order valence-electron chi connectivity index (χ2n) is 7.21. The average Bonchev–Trinajstić information content (AvgIpc) is 3.10. The molecular weight excluding hydrogens is 304 g/mol. The summed E-state index contributed by atoms with van der Waals surface area (Å²) in [5.74, 6) is 0. The maximum absolute atomic E-state index is 12.4. The fraction of sp³-hybridized carbons (Fsp3) is 0.471. The van der Waals surface area contributed by atoms with Crippen molar-refractivity contribution in [2.45, 2.75) is 52.6 Å². The quantitative estimate of drug-likeness (QED) is 0.685. The summed E-state index contributed by atoms with van der Waals surface area (Å²) in [6, 6.07) is 3.47. The van der Waals surface area contributed by atoms with Crippen molar-refractivity contribution in [3.63, 3.8) is 0 Å². The number of aromatic nitrogens is 5. The lowest BCUT2D eigenvalue weighted by molar-refractivity contribution is 0.551. The normalized spacial score (nSPS) is 13.5. The largest absolute Gasteiger partial charge is 0.348 e. The van der Waals surface area contributed by atoms with Crippen LogP contribution in [0.4, 0.5) is 0 Å². The van der Waals surface area contributed by atoms with Crippen LogP contribution < -0.4 is 10.9 Å². The van der Waals surface area contributed by atoms with Gasteiger partial charge >= 0.3 is 0 Å². The summed E-state index contributed by atoms with van der Waals surface area (Å²) < 4.78 is 1.49. The van der Waals surface area contributed by atoms with Gasteiger partial charge < -0.3 is 10.3 Å². The molecule has 0 unspecified atom stereocenters. The molecule has 3 aromatic heterocycles. The predicted octanol–water partition coefficient (Wildman–Crippen LogP) is 2.20. The molecule has 0 radical (unpaired) electrons. The summed E-state index contributed by atoms with van der Waals surface area (Å²) in [7, 11) is 0. The zero-order valence-corrected chi connectivity index (χ0v) is 14.8. The van der Waals surface area contributed by atoms with Gasteiger partial charge in [-0.15, -0.1) is 0 Å². The number of hydrogen-bond acceptors (Lipinski definition) is 4. The minimum Gasteiger partial charge on any atom is -0.348 e. The molecule has 0 saturated carbocycles. The fourth-order valence-electron chi connectivity index (χ4n) is 2.54. The van der Waals surface area contributed by atoms with Crippen molar-refractivity contribution < 1.29 is 0 Å². The van der Waals surface area contributed by atoms with E-state index >= 15 is 0 Å². The SMILES string of the molecule is Cc1[nH]cnc1CN[C@@H](C)c1cc(=O)n2[nH]c(C(C)(C)C)cc2n1. The molecule has 0 aliphatic rings. The number of rotatable bonds is 4. The molecule has 0 spiro atoms. The Morgan fingerprint density at radius 3 is 2.71 bits per heavy atom. The Balaban J connectivity index is 1.86. The maximum atomic E-state index is 12.4. The smallest absolute Gasteiger partial charge is 0.272 e. The first-order valence-electron chi connectivity index (χ1n) is 8.11. The van der Waals surface area contributed by atoms with Gasteiger partial charge in [0.05, 0.1) is 17.7 Å². The molecule has 0 saturated heterocycles. The highest BCUT2D eigenvalue weighted by molar-refractivity contribution is 5.41. The van der Waals surface area contributed by atoms with Crippen molar-refractivity contribution in [2.75, 3.05) is 0 Å². The number of nitrogens with one attached hydrogen (secondary N) is 3. The highest BCUT2D eigenvalue weighted by Gasteiger charge is 2.19. The summed E-state index contributed by atoms with van der Waals surface area (Å²) >= 11 is 0. The molecule has 1 atom stereocenters. The first-order chi connectivity index (χ1) is 11.3. The summed E-state index contributed by atoms with van der Waals surface area (Å²) in [4.78, 5) is 24.3. The highest BCUT2D eigenvalue weighted by atomic mass is 16.1. The Bertz CT molecular complexity index is 911. The lowest BCUT2D eigenvalue weighted by atomic mass is 9.93. The number of imidazole rings is 1. The number of nitrogens with zero attached hydrogens (tertiary/aromatic N) is 3. The number of aromatic amines is 2. The summed E-state index contributed by atoms with van der Waals surface area (Å²) in [6.45, 7) is 10.9. The van der Waals surface area contributed by atoms with Crippen LogP contribution in [0.3, 0.4) is 0 Å². The van der Waals surface area contributed by atoms with Crippen molar-refractivity contribution in [1.82, 2.24) is 29.9 Å². The lowest BCUT2D eigenvalue weighted by Crippen LogP contribution is -2.23. The third-order valence-corrected chi connectivity index (χ3v) is 4.23. The van der Waals surface area contributed by atoms with E-state index in [1.807, 2.05) is 19.9 Å². The molecule has 3 N–H and O–H groups in total. The second-order valence-corrected chi connectivity index (χ2v) is 7.21. The van der Waals surface area contributed by atoms with Gasteiger partial charge in [-0.2, -0.15) is 0 Å². The van der Waals surface area contributed by atoms with Gasteiger partial charge in [0.1, 0.15) is 0 Å². The van der Waals surface area contributed by atoms with Gasteiger partial charge in [-0.05, 0) is 13.8 Å². The predicted molar refractivity (Wildman–Crippen MR) is 93.1 cm³/mol. The molecule has 128 valence electrons. The van der Waals surface area contributed by atoms with E-state index in [0.29, 0.717) is 12.2 Å². The molecule has 0 fully saturated rings. The molecule has 7 nitrogen and oxygen atoms in total. The standard InChI is InChI=1S/C17H24N6O/c1-10(18-8-13-11(2)19-9-20-13)12-6-16(24)23-15(21-12)7-14(22-23)17(3,4)5/h6-7,9-10,18,22H,8H2,1-5H3,(H,19,20)/t10-/m0/s1. The Morgan fingerprint density at radius 2 is 2.08 bits per heavy atom. The van der Waals surface area contributed by atoms with Crippen LogP contribution in [0.1, 0.15) is 56.5 Å². The minimum absolute atomic E-state index is 0.0493. The number of fused-ring (bicyclic) bond motifs is 1. The van der Waals surface area contributed by atoms with Crippen LogP contribution in [0.15, 0.2) is 23.3 Å². The number of aryl methyl sites for hydroxylation is 1. The number of hydrogen-bond donors (Lipinski definition) is 3. The van der Waals surface area contributed by atoms with Gasteiger partial charge in [-0.3, -0.25) is 9.89 Å². The van der Waals surface area contributed by atoms with E-state index in [1.54, 1.807) is 12.4 Å². The second kappa shape index (κ2) is 5.90. The van der Waals surface area contributed by atoms with Crippen LogP contribution in [0, 0.1) is 6.92 Å². The van der Waals surface area contributed by atoms with Gasteiger partial charge in [-0.25, -0.2) is 14.5 Å². The molecule has 3 rings (SSSR count). The lowest BCUT2D eigenvalue weighted by Gasteiger charge is -2.14. The molecule has 0 aliphatic heterocycles. The first-order valence-corrected chi connectivity index (χ1v) is 8.11. The molecule has 3 heterocycles. The van der Waals surface area contributed by atoms with E-state index in [2.05, 4.69) is 46.1 Å². The van der Waals surface area contributed by atoms with Gasteiger partial charge in [0.2, 0.25) is 0 Å². The molecule has 0 bridgehead atoms. The van der Waals surface area contributed by atoms with Crippen molar-refractivity contribution in [1.29, 1.82) is 0 Å². The van der Waals surface area contributed by atoms with Crippen LogP contribution in [-0.4, -0.2) is 24.6 Å². The molecule has 24 heavy (non-hydrogen) atoms. The van der Waals surface area contributed by atoms with Crippen LogP contribution in [0.25, 0.3) is 5.65 Å². The Hall–Kier alpha value is -2.41.